The van der Waals surface area contributed by atoms with E-state index in [1.807, 2.05) is 0 Å². The standard InChI is InChI=1S/C68H124O6/c1-4-7-10-13-16-19-22-25-28-31-33-34-36-37-40-43-46-49-52-55-58-61-67(70)73-64-65(63-72-66(69)60-57-54-51-48-45-42-39-30-27-24-21-18-15-12-9-6-3)74-68(71)62-59-56-53-50-47-44-41-38-35-32-29-26-23-20-17-14-11-8-5-2/h22,25-26,29-31,33,39,65H,4-21,23-24,27-28,32,34-38,40-64H2,1-3H3/b25-22-,29-26-,33-31-,39-30-. The van der Waals surface area contributed by atoms with E-state index in [0.717, 1.165) is 70.6 Å². The summed E-state index contributed by atoms with van der Waals surface area (Å²) in [6.07, 6.45) is 78.2. The van der Waals surface area contributed by atoms with Crippen molar-refractivity contribution in [1.29, 1.82) is 0 Å². The molecule has 74 heavy (non-hydrogen) atoms. The van der Waals surface area contributed by atoms with Crippen molar-refractivity contribution < 1.29 is 28.6 Å². The summed E-state index contributed by atoms with van der Waals surface area (Å²) in [6, 6.07) is 0. The molecule has 0 aliphatic rings. The summed E-state index contributed by atoms with van der Waals surface area (Å²) >= 11 is 0. The van der Waals surface area contributed by atoms with Crippen LogP contribution in [0.5, 0.6) is 0 Å². The van der Waals surface area contributed by atoms with Gasteiger partial charge in [-0.15, -0.1) is 0 Å². The molecule has 6 nitrogen and oxygen atoms in total. The molecule has 0 aromatic heterocycles. The number of rotatable bonds is 60. The van der Waals surface area contributed by atoms with Crippen LogP contribution in [0, 0.1) is 0 Å². The van der Waals surface area contributed by atoms with E-state index >= 15 is 0 Å². The van der Waals surface area contributed by atoms with Gasteiger partial charge in [0.2, 0.25) is 0 Å². The Bertz CT molecular complexity index is 1280. The van der Waals surface area contributed by atoms with Gasteiger partial charge in [-0.1, -0.05) is 275 Å². The maximum absolute atomic E-state index is 12.9. The van der Waals surface area contributed by atoms with Crippen LogP contribution in [0.1, 0.15) is 348 Å². The van der Waals surface area contributed by atoms with Gasteiger partial charge in [0.15, 0.2) is 6.10 Å². The van der Waals surface area contributed by atoms with Crippen LogP contribution in [-0.2, 0) is 28.6 Å². The Labute approximate surface area is 460 Å². The Kier molecular flexibility index (Phi) is 60.7. The fourth-order valence-electron chi connectivity index (χ4n) is 9.58. The number of ether oxygens (including phenoxy) is 3. The molecular formula is C68H124O6. The summed E-state index contributed by atoms with van der Waals surface area (Å²) in [6.45, 7) is 6.66. The average molecular weight is 1040 g/mol. The molecule has 6 heteroatoms. The number of carbonyl (C=O) groups excluding carboxylic acids is 3. The lowest BCUT2D eigenvalue weighted by Crippen LogP contribution is -2.30. The lowest BCUT2D eigenvalue weighted by molar-refractivity contribution is -0.167. The van der Waals surface area contributed by atoms with Gasteiger partial charge in [0.25, 0.3) is 0 Å². The van der Waals surface area contributed by atoms with E-state index in [-0.39, 0.29) is 31.1 Å². The molecule has 0 aliphatic carbocycles. The number of allylic oxidation sites excluding steroid dienone is 8. The molecule has 0 saturated heterocycles. The fourth-order valence-corrected chi connectivity index (χ4v) is 9.58. The third kappa shape index (κ3) is 60.2. The molecule has 0 aromatic carbocycles. The van der Waals surface area contributed by atoms with Gasteiger partial charge in [-0.05, 0) is 103 Å². The minimum atomic E-state index is -0.780. The summed E-state index contributed by atoms with van der Waals surface area (Å²) in [4.78, 5) is 38.3. The molecule has 0 fully saturated rings. The van der Waals surface area contributed by atoms with Gasteiger partial charge in [0.1, 0.15) is 13.2 Å². The van der Waals surface area contributed by atoms with Gasteiger partial charge >= 0.3 is 17.9 Å². The molecule has 0 aliphatic heterocycles. The van der Waals surface area contributed by atoms with E-state index in [1.54, 1.807) is 0 Å². The van der Waals surface area contributed by atoms with E-state index < -0.39 is 6.10 Å². The van der Waals surface area contributed by atoms with Crippen LogP contribution in [-0.4, -0.2) is 37.2 Å². The summed E-state index contributed by atoms with van der Waals surface area (Å²) in [5, 5.41) is 0. The van der Waals surface area contributed by atoms with Gasteiger partial charge in [-0.3, -0.25) is 14.4 Å². The van der Waals surface area contributed by atoms with E-state index in [4.69, 9.17) is 14.2 Å². The molecule has 0 saturated carbocycles. The average Bonchev–Trinajstić information content (AvgIpc) is 3.40. The van der Waals surface area contributed by atoms with E-state index in [2.05, 4.69) is 69.4 Å². The predicted octanol–water partition coefficient (Wildman–Crippen LogP) is 22.2. The number of carbonyl (C=O) groups is 3. The predicted molar refractivity (Wildman–Crippen MR) is 321 cm³/mol. The molecule has 432 valence electrons. The Morgan fingerprint density at radius 3 is 0.757 bits per heavy atom. The van der Waals surface area contributed by atoms with Crippen LogP contribution in [0.3, 0.4) is 0 Å². The second-order valence-electron chi connectivity index (χ2n) is 22.0. The molecule has 0 heterocycles. The van der Waals surface area contributed by atoms with Crippen LogP contribution in [0.15, 0.2) is 48.6 Å². The summed E-state index contributed by atoms with van der Waals surface area (Å²) in [5.41, 5.74) is 0. The first-order chi connectivity index (χ1) is 36.5. The number of hydrogen-bond donors (Lipinski definition) is 0. The largest absolute Gasteiger partial charge is 0.462 e. The zero-order chi connectivity index (χ0) is 53.6. The highest BCUT2D eigenvalue weighted by Gasteiger charge is 2.19. The van der Waals surface area contributed by atoms with Gasteiger partial charge in [0, 0.05) is 19.3 Å². The van der Waals surface area contributed by atoms with Gasteiger partial charge in [-0.2, -0.15) is 0 Å². The van der Waals surface area contributed by atoms with Crippen LogP contribution in [0.25, 0.3) is 0 Å². The molecule has 0 rings (SSSR count). The minimum absolute atomic E-state index is 0.0765. The van der Waals surface area contributed by atoms with Crippen molar-refractivity contribution in [2.45, 2.75) is 354 Å². The zero-order valence-electron chi connectivity index (χ0n) is 49.6. The van der Waals surface area contributed by atoms with Crippen LogP contribution >= 0.6 is 0 Å². The smallest absolute Gasteiger partial charge is 0.306 e. The Morgan fingerprint density at radius 2 is 0.486 bits per heavy atom. The van der Waals surface area contributed by atoms with Crippen LogP contribution in [0.2, 0.25) is 0 Å². The Balaban J connectivity index is 4.35. The number of unbranched alkanes of at least 4 members (excludes halogenated alkanes) is 41. The molecule has 0 N–H and O–H groups in total. The zero-order valence-corrected chi connectivity index (χ0v) is 49.6. The second-order valence-corrected chi connectivity index (χ2v) is 22.0. The number of esters is 3. The molecule has 0 amide bonds. The molecule has 0 spiro atoms. The third-order valence-corrected chi connectivity index (χ3v) is 14.5. The van der Waals surface area contributed by atoms with E-state index in [0.29, 0.717) is 19.3 Å². The summed E-state index contributed by atoms with van der Waals surface area (Å²) < 4.78 is 17.0. The van der Waals surface area contributed by atoms with Gasteiger partial charge in [-0.25, -0.2) is 0 Å². The van der Waals surface area contributed by atoms with Crippen molar-refractivity contribution >= 4 is 17.9 Å². The second kappa shape index (κ2) is 62.9. The Hall–Kier alpha value is -2.63. The van der Waals surface area contributed by atoms with Gasteiger partial charge in [0.05, 0.1) is 0 Å². The van der Waals surface area contributed by atoms with Crippen molar-refractivity contribution in [3.63, 3.8) is 0 Å². The summed E-state index contributed by atoms with van der Waals surface area (Å²) in [7, 11) is 0. The first kappa shape index (κ1) is 71.4. The number of hydrogen-bond acceptors (Lipinski definition) is 6. The van der Waals surface area contributed by atoms with E-state index in [1.165, 1.54) is 238 Å². The normalized spacial score (nSPS) is 12.3. The molecule has 1 unspecified atom stereocenters. The maximum Gasteiger partial charge on any atom is 0.306 e. The highest BCUT2D eigenvalue weighted by molar-refractivity contribution is 5.71. The van der Waals surface area contributed by atoms with Gasteiger partial charge < -0.3 is 14.2 Å². The fraction of sp³-hybridized carbons (Fsp3) is 0.838. The topological polar surface area (TPSA) is 78.9 Å². The van der Waals surface area contributed by atoms with E-state index in [9.17, 15) is 14.4 Å². The molecular weight excluding hydrogens is 913 g/mol. The van der Waals surface area contributed by atoms with Crippen molar-refractivity contribution in [2.75, 3.05) is 13.2 Å². The van der Waals surface area contributed by atoms with Crippen LogP contribution in [0.4, 0.5) is 0 Å². The minimum Gasteiger partial charge on any atom is -0.462 e. The molecule has 0 radical (unpaired) electrons. The van der Waals surface area contributed by atoms with Crippen molar-refractivity contribution in [3.8, 4) is 0 Å². The first-order valence-electron chi connectivity index (χ1n) is 32.6. The molecule has 1 atom stereocenters. The lowest BCUT2D eigenvalue weighted by atomic mass is 10.1. The third-order valence-electron chi connectivity index (χ3n) is 14.5. The van der Waals surface area contributed by atoms with Crippen molar-refractivity contribution in [2.24, 2.45) is 0 Å². The summed E-state index contributed by atoms with van der Waals surface area (Å²) in [5.74, 6) is -0.870. The quantitative estimate of drug-likeness (QED) is 0.0261. The lowest BCUT2D eigenvalue weighted by Gasteiger charge is -2.18. The Morgan fingerprint density at radius 1 is 0.270 bits per heavy atom. The van der Waals surface area contributed by atoms with Crippen LogP contribution < -0.4 is 0 Å². The first-order valence-corrected chi connectivity index (χ1v) is 32.6. The highest BCUT2D eigenvalue weighted by atomic mass is 16.6. The van der Waals surface area contributed by atoms with Crippen molar-refractivity contribution in [1.82, 2.24) is 0 Å². The maximum atomic E-state index is 12.9. The highest BCUT2D eigenvalue weighted by Crippen LogP contribution is 2.17. The van der Waals surface area contributed by atoms with Crippen molar-refractivity contribution in [3.05, 3.63) is 48.6 Å². The molecule has 0 bridgehead atoms. The SMILES string of the molecule is CCCCCCC/C=C\C/C=C\CCCCCCCCCCCC(=O)OCC(COC(=O)CCCCCCC/C=C\CCCCCCCCC)OC(=O)CCCCCCCCCCC/C=C\CCCCCCCC. The molecule has 0 aromatic rings. The monoisotopic (exact) mass is 1040 g/mol.